The van der Waals surface area contributed by atoms with Gasteiger partial charge >= 0.3 is 0 Å². The molecule has 0 unspecified atom stereocenters. The second-order valence-electron chi connectivity index (χ2n) is 4.99. The van der Waals surface area contributed by atoms with Gasteiger partial charge in [-0.05, 0) is 30.3 Å². The Kier molecular flexibility index (Phi) is 7.43. The van der Waals surface area contributed by atoms with E-state index >= 15 is 0 Å². The number of rotatable bonds is 7. The molecule has 0 saturated carbocycles. The van der Waals surface area contributed by atoms with Crippen LogP contribution in [0.4, 0.5) is 0 Å². The number of amides is 2. The Labute approximate surface area is 161 Å². The fourth-order valence-electron chi connectivity index (χ4n) is 1.93. The third-order valence-electron chi connectivity index (χ3n) is 3.13. The normalized spacial score (nSPS) is 10.2. The second kappa shape index (κ2) is 9.56. The van der Waals surface area contributed by atoms with Crippen LogP contribution in [0.5, 0.6) is 5.75 Å². The molecule has 25 heavy (non-hydrogen) atoms. The van der Waals surface area contributed by atoms with Crippen molar-refractivity contribution >= 4 is 47.6 Å². The average molecular weight is 399 g/mol. The minimum Gasteiger partial charge on any atom is -0.482 e. The Morgan fingerprint density at radius 1 is 1.04 bits per heavy atom. The highest BCUT2D eigenvalue weighted by Gasteiger charge is 2.09. The Morgan fingerprint density at radius 3 is 2.48 bits per heavy atom. The maximum absolute atomic E-state index is 12.0. The summed E-state index contributed by atoms with van der Waals surface area (Å²) in [5, 5.41) is 6.16. The molecule has 0 aromatic heterocycles. The van der Waals surface area contributed by atoms with E-state index in [9.17, 15) is 9.59 Å². The van der Waals surface area contributed by atoms with Gasteiger partial charge < -0.3 is 15.4 Å². The van der Waals surface area contributed by atoms with Gasteiger partial charge in [-0.25, -0.2) is 0 Å². The van der Waals surface area contributed by atoms with Gasteiger partial charge in [0.25, 0.3) is 11.8 Å². The fraction of sp³-hybridized carbons (Fsp3) is 0.176. The molecule has 0 spiro atoms. The quantitative estimate of drug-likeness (QED) is 0.495. The zero-order valence-electron chi connectivity index (χ0n) is 13.1. The van der Waals surface area contributed by atoms with Gasteiger partial charge in [-0.1, -0.05) is 35.3 Å². The van der Waals surface area contributed by atoms with Crippen molar-refractivity contribution < 1.29 is 14.3 Å². The smallest absolute Gasteiger partial charge is 0.258 e. The van der Waals surface area contributed by atoms with Crippen LogP contribution in [0.2, 0.25) is 10.0 Å². The Morgan fingerprint density at radius 2 is 1.76 bits per heavy atom. The van der Waals surface area contributed by atoms with Crippen LogP contribution in [-0.2, 0) is 4.79 Å². The molecule has 0 saturated heterocycles. The summed E-state index contributed by atoms with van der Waals surface area (Å²) < 4.78 is 5.32. The van der Waals surface area contributed by atoms with Crippen molar-refractivity contribution in [1.82, 2.24) is 10.6 Å². The SMILES string of the molecule is O=C(COc1ccc(Cl)cc1Cl)NCCNC(=O)c1ccccc1S. The molecular weight excluding hydrogens is 383 g/mol. The van der Waals surface area contributed by atoms with Gasteiger partial charge in [0, 0.05) is 23.0 Å². The third kappa shape index (κ3) is 6.16. The number of hydrogen-bond donors (Lipinski definition) is 3. The summed E-state index contributed by atoms with van der Waals surface area (Å²) in [5.74, 6) is -0.196. The molecule has 2 N–H and O–H groups in total. The van der Waals surface area contributed by atoms with Crippen molar-refractivity contribution in [3.63, 3.8) is 0 Å². The first-order valence-electron chi connectivity index (χ1n) is 7.38. The summed E-state index contributed by atoms with van der Waals surface area (Å²) in [6.45, 7) is 0.375. The van der Waals surface area contributed by atoms with Gasteiger partial charge in [-0.2, -0.15) is 0 Å². The van der Waals surface area contributed by atoms with Crippen LogP contribution in [0.3, 0.4) is 0 Å². The maximum Gasteiger partial charge on any atom is 0.258 e. The number of nitrogens with one attached hydrogen (secondary N) is 2. The molecule has 2 amide bonds. The van der Waals surface area contributed by atoms with E-state index in [1.54, 1.807) is 36.4 Å². The van der Waals surface area contributed by atoms with Crippen LogP contribution in [0.15, 0.2) is 47.4 Å². The molecular formula is C17H16Cl2N2O3S. The molecule has 2 aromatic carbocycles. The lowest BCUT2D eigenvalue weighted by atomic mass is 10.2. The van der Waals surface area contributed by atoms with Crippen molar-refractivity contribution in [2.24, 2.45) is 0 Å². The fourth-order valence-corrected chi connectivity index (χ4v) is 2.65. The molecule has 0 heterocycles. The first-order valence-corrected chi connectivity index (χ1v) is 8.58. The number of halogens is 2. The van der Waals surface area contributed by atoms with Crippen molar-refractivity contribution in [2.75, 3.05) is 19.7 Å². The van der Waals surface area contributed by atoms with Gasteiger partial charge in [-0.15, -0.1) is 12.6 Å². The zero-order chi connectivity index (χ0) is 18.2. The third-order valence-corrected chi connectivity index (χ3v) is 4.05. The van der Waals surface area contributed by atoms with Gasteiger partial charge in [-0.3, -0.25) is 9.59 Å². The lowest BCUT2D eigenvalue weighted by molar-refractivity contribution is -0.123. The number of thiol groups is 1. The number of carbonyl (C=O) groups excluding carboxylic acids is 2. The summed E-state index contributed by atoms with van der Waals surface area (Å²) in [6.07, 6.45) is 0. The van der Waals surface area contributed by atoms with Crippen LogP contribution >= 0.6 is 35.8 Å². The van der Waals surface area contributed by atoms with E-state index < -0.39 is 0 Å². The van der Waals surface area contributed by atoms with Crippen LogP contribution < -0.4 is 15.4 Å². The van der Waals surface area contributed by atoms with E-state index in [0.29, 0.717) is 26.3 Å². The molecule has 2 aromatic rings. The predicted octanol–water partition coefficient (Wildman–Crippen LogP) is 3.21. The van der Waals surface area contributed by atoms with Crippen LogP contribution in [0, 0.1) is 0 Å². The summed E-state index contributed by atoms with van der Waals surface area (Å²) in [6, 6.07) is 11.7. The first kappa shape index (κ1) is 19.4. The minimum absolute atomic E-state index is 0.186. The molecule has 0 aliphatic rings. The number of hydrogen-bond acceptors (Lipinski definition) is 4. The predicted molar refractivity (Wildman–Crippen MR) is 101 cm³/mol. The molecule has 0 fully saturated rings. The lowest BCUT2D eigenvalue weighted by Crippen LogP contribution is -2.36. The summed E-state index contributed by atoms with van der Waals surface area (Å²) in [4.78, 5) is 24.3. The van der Waals surface area contributed by atoms with Crippen LogP contribution in [0.1, 0.15) is 10.4 Å². The number of benzene rings is 2. The standard InChI is InChI=1S/C17H16Cl2N2O3S/c18-11-5-6-14(13(19)9-11)24-10-16(22)20-7-8-21-17(23)12-3-1-2-4-15(12)25/h1-6,9,25H,7-8,10H2,(H,20,22)(H,21,23). The maximum atomic E-state index is 12.0. The molecule has 0 bridgehead atoms. The summed E-state index contributed by atoms with van der Waals surface area (Å²) in [7, 11) is 0. The van der Waals surface area contributed by atoms with Gasteiger partial charge in [0.15, 0.2) is 6.61 Å². The molecule has 0 atom stereocenters. The molecule has 2 rings (SSSR count). The Bertz CT molecular complexity index is 771. The van der Waals surface area contributed by atoms with Gasteiger partial charge in [0.1, 0.15) is 5.75 Å². The van der Waals surface area contributed by atoms with E-state index in [1.807, 2.05) is 0 Å². The highest BCUT2D eigenvalue weighted by molar-refractivity contribution is 7.80. The van der Waals surface area contributed by atoms with Gasteiger partial charge in [0.2, 0.25) is 0 Å². The lowest BCUT2D eigenvalue weighted by Gasteiger charge is -2.10. The minimum atomic E-state index is -0.324. The van der Waals surface area contributed by atoms with Crippen LogP contribution in [-0.4, -0.2) is 31.5 Å². The summed E-state index contributed by atoms with van der Waals surface area (Å²) >= 11 is 16.0. The van der Waals surface area contributed by atoms with Crippen molar-refractivity contribution in [2.45, 2.75) is 4.90 Å². The topological polar surface area (TPSA) is 67.4 Å². The Balaban J connectivity index is 1.68. The highest BCUT2D eigenvalue weighted by atomic mass is 35.5. The molecule has 8 heteroatoms. The molecule has 0 aliphatic heterocycles. The van der Waals surface area contributed by atoms with E-state index in [0.717, 1.165) is 0 Å². The largest absolute Gasteiger partial charge is 0.482 e. The molecule has 0 radical (unpaired) electrons. The van der Waals surface area contributed by atoms with Crippen molar-refractivity contribution in [3.05, 3.63) is 58.1 Å². The zero-order valence-corrected chi connectivity index (χ0v) is 15.5. The Hall–Kier alpha value is -1.89. The van der Waals surface area contributed by atoms with E-state index in [4.69, 9.17) is 27.9 Å². The molecule has 5 nitrogen and oxygen atoms in total. The number of carbonyl (C=O) groups is 2. The van der Waals surface area contributed by atoms with Gasteiger partial charge in [0.05, 0.1) is 10.6 Å². The highest BCUT2D eigenvalue weighted by Crippen LogP contribution is 2.27. The summed E-state index contributed by atoms with van der Waals surface area (Å²) in [5.41, 5.74) is 0.484. The van der Waals surface area contributed by atoms with E-state index in [2.05, 4.69) is 23.3 Å². The monoisotopic (exact) mass is 398 g/mol. The average Bonchev–Trinajstić information content (AvgIpc) is 2.58. The second-order valence-corrected chi connectivity index (χ2v) is 6.31. The molecule has 132 valence electrons. The van der Waals surface area contributed by atoms with Crippen LogP contribution in [0.25, 0.3) is 0 Å². The van der Waals surface area contributed by atoms with Crippen molar-refractivity contribution in [3.8, 4) is 5.75 Å². The van der Waals surface area contributed by atoms with Crippen molar-refractivity contribution in [1.29, 1.82) is 0 Å². The first-order chi connectivity index (χ1) is 12.0. The molecule has 0 aliphatic carbocycles. The van der Waals surface area contributed by atoms with E-state index in [1.165, 1.54) is 6.07 Å². The van der Waals surface area contributed by atoms with E-state index in [-0.39, 0.29) is 31.5 Å². The number of ether oxygens (including phenoxy) is 1.